The van der Waals surface area contributed by atoms with Crippen LogP contribution in [0.3, 0.4) is 0 Å². The Morgan fingerprint density at radius 3 is 2.88 bits per heavy atom. The first kappa shape index (κ1) is 16.7. The van der Waals surface area contributed by atoms with E-state index in [1.807, 2.05) is 24.3 Å². The number of benzene rings is 1. The van der Waals surface area contributed by atoms with Crippen molar-refractivity contribution in [2.45, 2.75) is 12.8 Å². The van der Waals surface area contributed by atoms with Crippen LogP contribution in [-0.2, 0) is 16.0 Å². The number of carboxylic acids is 1. The van der Waals surface area contributed by atoms with Gasteiger partial charge in [-0.1, -0.05) is 18.2 Å². The first-order valence-electron chi connectivity index (χ1n) is 7.14. The largest absolute Gasteiger partial charge is 0.478 e. The van der Waals surface area contributed by atoms with E-state index in [2.05, 4.69) is 26.6 Å². The van der Waals surface area contributed by atoms with E-state index in [1.54, 1.807) is 5.38 Å². The topological polar surface area (TPSA) is 95.5 Å². The number of hydrogen-bond donors (Lipinski definition) is 3. The van der Waals surface area contributed by atoms with E-state index in [1.165, 1.54) is 0 Å². The highest BCUT2D eigenvalue weighted by atomic mass is 79.9. The van der Waals surface area contributed by atoms with Crippen molar-refractivity contribution in [1.29, 1.82) is 0 Å². The SMILES string of the molecule is O=C(CC1Cc2ccccc2NC1=O)Nc1scc(Br)c1C(=O)O. The number of hydrogen-bond acceptors (Lipinski definition) is 4. The Morgan fingerprint density at radius 2 is 2.12 bits per heavy atom. The Labute approximate surface area is 150 Å². The van der Waals surface area contributed by atoms with Gasteiger partial charge >= 0.3 is 5.97 Å². The first-order chi connectivity index (χ1) is 11.5. The summed E-state index contributed by atoms with van der Waals surface area (Å²) in [5.41, 5.74) is 1.78. The van der Waals surface area contributed by atoms with Crippen LogP contribution in [0.2, 0.25) is 0 Å². The van der Waals surface area contributed by atoms with Crippen molar-refractivity contribution in [1.82, 2.24) is 0 Å². The fraction of sp³-hybridized carbons (Fsp3) is 0.188. The van der Waals surface area contributed by atoms with E-state index < -0.39 is 11.9 Å². The Bertz CT molecular complexity index is 833. The van der Waals surface area contributed by atoms with Crippen molar-refractivity contribution >= 4 is 55.7 Å². The van der Waals surface area contributed by atoms with Crippen LogP contribution in [0.4, 0.5) is 10.7 Å². The third kappa shape index (κ3) is 3.34. The second kappa shape index (κ2) is 6.74. The molecule has 0 aliphatic carbocycles. The van der Waals surface area contributed by atoms with Gasteiger partial charge in [0.15, 0.2) is 0 Å². The van der Waals surface area contributed by atoms with Gasteiger partial charge in [0.05, 0.1) is 5.92 Å². The van der Waals surface area contributed by atoms with Gasteiger partial charge in [0, 0.05) is 22.0 Å². The maximum absolute atomic E-state index is 12.2. The third-order valence-electron chi connectivity index (χ3n) is 3.76. The zero-order valence-corrected chi connectivity index (χ0v) is 14.7. The molecule has 2 heterocycles. The maximum atomic E-state index is 12.2. The highest BCUT2D eigenvalue weighted by molar-refractivity contribution is 9.10. The molecular formula is C16H13BrN2O4S. The van der Waals surface area contributed by atoms with Gasteiger partial charge in [0.25, 0.3) is 0 Å². The molecule has 1 aliphatic rings. The Kier molecular flexibility index (Phi) is 4.68. The highest BCUT2D eigenvalue weighted by Gasteiger charge is 2.28. The van der Waals surface area contributed by atoms with E-state index >= 15 is 0 Å². The Balaban J connectivity index is 1.70. The normalized spacial score (nSPS) is 16.2. The van der Waals surface area contributed by atoms with Gasteiger partial charge in [-0.2, -0.15) is 0 Å². The lowest BCUT2D eigenvalue weighted by molar-refractivity contribution is -0.125. The van der Waals surface area contributed by atoms with Crippen molar-refractivity contribution in [3.8, 4) is 0 Å². The number of carbonyl (C=O) groups excluding carboxylic acids is 2. The number of thiophene rings is 1. The summed E-state index contributed by atoms with van der Waals surface area (Å²) >= 11 is 4.27. The van der Waals surface area contributed by atoms with Crippen LogP contribution < -0.4 is 10.6 Å². The number of fused-ring (bicyclic) bond motifs is 1. The summed E-state index contributed by atoms with van der Waals surface area (Å²) in [5, 5.41) is 16.4. The predicted molar refractivity (Wildman–Crippen MR) is 94.5 cm³/mol. The number of rotatable bonds is 4. The molecule has 0 saturated carbocycles. The van der Waals surface area contributed by atoms with Crippen LogP contribution in [0.5, 0.6) is 0 Å². The molecule has 0 bridgehead atoms. The summed E-state index contributed by atoms with van der Waals surface area (Å²) in [6.45, 7) is 0. The molecule has 24 heavy (non-hydrogen) atoms. The lowest BCUT2D eigenvalue weighted by Gasteiger charge is -2.24. The number of para-hydroxylation sites is 1. The molecule has 0 radical (unpaired) electrons. The smallest absolute Gasteiger partial charge is 0.339 e. The summed E-state index contributed by atoms with van der Waals surface area (Å²) in [6.07, 6.45) is 0.476. The molecular weight excluding hydrogens is 396 g/mol. The van der Waals surface area contributed by atoms with Crippen molar-refractivity contribution in [3.05, 3.63) is 45.2 Å². The molecule has 3 rings (SSSR count). The van der Waals surface area contributed by atoms with Gasteiger partial charge in [-0.05, 0) is 34.0 Å². The Hall–Kier alpha value is -2.19. The van der Waals surface area contributed by atoms with E-state index in [-0.39, 0.29) is 28.8 Å². The van der Waals surface area contributed by atoms with Gasteiger partial charge in [0.2, 0.25) is 11.8 Å². The molecule has 0 spiro atoms. The monoisotopic (exact) mass is 408 g/mol. The molecule has 0 fully saturated rings. The summed E-state index contributed by atoms with van der Waals surface area (Å²) in [7, 11) is 0. The minimum absolute atomic E-state index is 0.00521. The second-order valence-electron chi connectivity index (χ2n) is 5.39. The molecule has 2 amide bonds. The number of carboxylic acid groups (broad SMARTS) is 1. The average molecular weight is 409 g/mol. The van der Waals surface area contributed by atoms with E-state index in [0.717, 1.165) is 22.6 Å². The van der Waals surface area contributed by atoms with Gasteiger partial charge < -0.3 is 15.7 Å². The molecule has 1 aliphatic heterocycles. The number of anilines is 2. The van der Waals surface area contributed by atoms with Crippen LogP contribution in [-0.4, -0.2) is 22.9 Å². The number of nitrogens with one attached hydrogen (secondary N) is 2. The van der Waals surface area contributed by atoms with Crippen LogP contribution >= 0.6 is 27.3 Å². The highest BCUT2D eigenvalue weighted by Crippen LogP contribution is 2.33. The van der Waals surface area contributed by atoms with E-state index in [0.29, 0.717) is 10.9 Å². The first-order valence-corrected chi connectivity index (χ1v) is 8.82. The lowest BCUT2D eigenvalue weighted by Crippen LogP contribution is -2.32. The number of amides is 2. The molecule has 1 aromatic carbocycles. The summed E-state index contributed by atoms with van der Waals surface area (Å²) in [5.74, 6) is -2.18. The minimum atomic E-state index is -1.12. The molecule has 124 valence electrons. The summed E-state index contributed by atoms with van der Waals surface area (Å²) < 4.78 is 0.416. The number of carbonyl (C=O) groups is 3. The standard InChI is InChI=1S/C16H13BrN2O4S/c17-10-7-24-15(13(10)16(22)23)19-12(20)6-9-5-8-3-1-2-4-11(8)18-14(9)21/h1-4,7,9H,5-6H2,(H,18,21)(H,19,20)(H,22,23). The van der Waals surface area contributed by atoms with E-state index in [4.69, 9.17) is 0 Å². The molecule has 0 saturated heterocycles. The second-order valence-corrected chi connectivity index (χ2v) is 7.13. The van der Waals surface area contributed by atoms with Crippen LogP contribution in [0.25, 0.3) is 0 Å². The molecule has 1 aromatic heterocycles. The zero-order chi connectivity index (χ0) is 17.3. The molecule has 2 aromatic rings. The average Bonchev–Trinajstić information content (AvgIpc) is 2.88. The number of halogens is 1. The van der Waals surface area contributed by atoms with Crippen LogP contribution in [0.1, 0.15) is 22.3 Å². The molecule has 3 N–H and O–H groups in total. The maximum Gasteiger partial charge on any atom is 0.339 e. The van der Waals surface area contributed by atoms with Crippen molar-refractivity contribution in [2.24, 2.45) is 5.92 Å². The quantitative estimate of drug-likeness (QED) is 0.722. The fourth-order valence-corrected chi connectivity index (χ4v) is 4.21. The van der Waals surface area contributed by atoms with Gasteiger partial charge in [-0.15, -0.1) is 11.3 Å². The van der Waals surface area contributed by atoms with Crippen molar-refractivity contribution < 1.29 is 19.5 Å². The third-order valence-corrected chi connectivity index (χ3v) is 5.58. The Morgan fingerprint density at radius 1 is 1.38 bits per heavy atom. The summed E-state index contributed by atoms with van der Waals surface area (Å²) in [6, 6.07) is 7.47. The lowest BCUT2D eigenvalue weighted by atomic mass is 9.90. The van der Waals surface area contributed by atoms with Gasteiger partial charge in [0.1, 0.15) is 10.6 Å². The molecule has 1 atom stereocenters. The molecule has 6 nitrogen and oxygen atoms in total. The predicted octanol–water partition coefficient (Wildman–Crippen LogP) is 3.35. The van der Waals surface area contributed by atoms with Crippen molar-refractivity contribution in [3.63, 3.8) is 0 Å². The molecule has 8 heteroatoms. The van der Waals surface area contributed by atoms with Crippen LogP contribution in [0, 0.1) is 5.92 Å². The van der Waals surface area contributed by atoms with Crippen molar-refractivity contribution in [2.75, 3.05) is 10.6 Å². The minimum Gasteiger partial charge on any atom is -0.478 e. The van der Waals surface area contributed by atoms with Crippen LogP contribution in [0.15, 0.2) is 34.1 Å². The van der Waals surface area contributed by atoms with Gasteiger partial charge in [-0.25, -0.2) is 4.79 Å². The zero-order valence-electron chi connectivity index (χ0n) is 12.3. The van der Waals surface area contributed by atoms with E-state index in [9.17, 15) is 19.5 Å². The summed E-state index contributed by atoms with van der Waals surface area (Å²) in [4.78, 5) is 35.6. The van der Waals surface area contributed by atoms with Gasteiger partial charge in [-0.3, -0.25) is 9.59 Å². The number of aromatic carboxylic acids is 1. The fourth-order valence-electron chi connectivity index (χ4n) is 2.61. The molecule has 1 unspecified atom stereocenters.